The second-order valence-electron chi connectivity index (χ2n) is 2.59. The molecular formula is C7H7F5O2. The average Bonchev–Trinajstić information content (AvgIpc) is 2.03. The van der Waals surface area contributed by atoms with E-state index in [0.717, 1.165) is 0 Å². The summed E-state index contributed by atoms with van der Waals surface area (Å²) < 4.78 is 60.9. The van der Waals surface area contributed by atoms with Gasteiger partial charge < -0.3 is 5.11 Å². The van der Waals surface area contributed by atoms with Crippen molar-refractivity contribution in [2.75, 3.05) is 6.67 Å². The molecule has 0 atom stereocenters. The minimum atomic E-state index is -4.89. The Morgan fingerprint density at radius 1 is 1.36 bits per heavy atom. The highest BCUT2D eigenvalue weighted by atomic mass is 19.3. The van der Waals surface area contributed by atoms with Gasteiger partial charge in [-0.3, -0.25) is 0 Å². The molecule has 0 aromatic carbocycles. The van der Waals surface area contributed by atoms with Crippen molar-refractivity contribution < 1.29 is 31.9 Å². The zero-order valence-electron chi connectivity index (χ0n) is 7.03. The van der Waals surface area contributed by atoms with Crippen LogP contribution in [0.3, 0.4) is 0 Å². The number of carboxylic acid groups (broad SMARTS) is 1. The molecule has 0 spiro atoms. The van der Waals surface area contributed by atoms with Crippen molar-refractivity contribution >= 4 is 5.97 Å². The van der Waals surface area contributed by atoms with E-state index < -0.39 is 36.1 Å². The fourth-order valence-electron chi connectivity index (χ4n) is 0.528. The summed E-state index contributed by atoms with van der Waals surface area (Å²) in [4.78, 5) is 10.1. The molecular weight excluding hydrogens is 211 g/mol. The van der Waals surface area contributed by atoms with E-state index in [1.54, 1.807) is 0 Å². The summed E-state index contributed by atoms with van der Waals surface area (Å²) in [6.45, 7) is -1.84. The topological polar surface area (TPSA) is 37.3 Å². The molecule has 0 aliphatic rings. The van der Waals surface area contributed by atoms with E-state index >= 15 is 0 Å². The predicted octanol–water partition coefficient (Wildman–Crippen LogP) is 2.26. The molecule has 0 unspecified atom stereocenters. The molecule has 0 amide bonds. The van der Waals surface area contributed by atoms with Crippen molar-refractivity contribution in [1.29, 1.82) is 0 Å². The quantitative estimate of drug-likeness (QED) is 0.580. The van der Waals surface area contributed by atoms with Crippen LogP contribution in [0, 0.1) is 0 Å². The Morgan fingerprint density at radius 3 is 2.07 bits per heavy atom. The lowest BCUT2D eigenvalue weighted by Gasteiger charge is -2.21. The fourth-order valence-corrected chi connectivity index (χ4v) is 0.528. The first-order valence-electron chi connectivity index (χ1n) is 3.38. The third-order valence-corrected chi connectivity index (χ3v) is 1.39. The fraction of sp³-hybridized carbons (Fsp3) is 0.571. The molecule has 0 saturated heterocycles. The van der Waals surface area contributed by atoms with Gasteiger partial charge in [0.1, 0.15) is 0 Å². The van der Waals surface area contributed by atoms with Crippen LogP contribution < -0.4 is 0 Å². The van der Waals surface area contributed by atoms with Gasteiger partial charge in [0.25, 0.3) is 0 Å². The average molecular weight is 218 g/mol. The lowest BCUT2D eigenvalue weighted by atomic mass is 10.1. The Morgan fingerprint density at radius 2 is 1.79 bits per heavy atom. The van der Waals surface area contributed by atoms with Crippen molar-refractivity contribution in [3.05, 3.63) is 11.6 Å². The highest BCUT2D eigenvalue weighted by Gasteiger charge is 2.55. The van der Waals surface area contributed by atoms with Gasteiger partial charge in [0.2, 0.25) is 0 Å². The van der Waals surface area contributed by atoms with E-state index in [9.17, 15) is 26.7 Å². The van der Waals surface area contributed by atoms with Crippen LogP contribution in [0.5, 0.6) is 0 Å². The number of carboxylic acids is 1. The molecule has 82 valence electrons. The number of aliphatic carboxylic acids is 1. The molecule has 0 aromatic heterocycles. The Hall–Kier alpha value is -1.14. The first kappa shape index (κ1) is 12.9. The molecule has 0 heterocycles. The number of carbonyl (C=O) groups is 1. The number of hydrogen-bond donors (Lipinski definition) is 1. The Kier molecular flexibility index (Phi) is 3.61. The smallest absolute Gasteiger partial charge is 0.341 e. The van der Waals surface area contributed by atoms with Crippen molar-refractivity contribution in [1.82, 2.24) is 0 Å². The van der Waals surface area contributed by atoms with Gasteiger partial charge in [0.15, 0.2) is 6.67 Å². The SMILES string of the molecule is CC(=CC(F)(F)C(F)(F)CF)C(=O)O. The lowest BCUT2D eigenvalue weighted by Crippen LogP contribution is -2.41. The summed E-state index contributed by atoms with van der Waals surface area (Å²) in [6.07, 6.45) is -0.463. The normalized spacial score (nSPS) is 14.3. The Balaban J connectivity index is 4.98. The Labute approximate surface area is 76.0 Å². The molecule has 1 N–H and O–H groups in total. The van der Waals surface area contributed by atoms with Gasteiger partial charge in [-0.15, -0.1) is 0 Å². The summed E-state index contributed by atoms with van der Waals surface area (Å²) in [5, 5.41) is 8.14. The van der Waals surface area contributed by atoms with E-state index in [0.29, 0.717) is 6.92 Å². The van der Waals surface area contributed by atoms with Crippen LogP contribution in [0.4, 0.5) is 22.0 Å². The third kappa shape index (κ3) is 2.68. The molecule has 14 heavy (non-hydrogen) atoms. The lowest BCUT2D eigenvalue weighted by molar-refractivity contribution is -0.187. The van der Waals surface area contributed by atoms with Crippen LogP contribution in [0.2, 0.25) is 0 Å². The number of allylic oxidation sites excluding steroid dienone is 1. The molecule has 0 bridgehead atoms. The van der Waals surface area contributed by atoms with Gasteiger partial charge in [-0.05, 0) is 6.92 Å². The number of hydrogen-bond acceptors (Lipinski definition) is 1. The third-order valence-electron chi connectivity index (χ3n) is 1.39. The molecule has 0 rings (SSSR count). The van der Waals surface area contributed by atoms with Gasteiger partial charge >= 0.3 is 17.8 Å². The molecule has 2 nitrogen and oxygen atoms in total. The molecule has 0 saturated carbocycles. The van der Waals surface area contributed by atoms with Gasteiger partial charge in [0.05, 0.1) is 0 Å². The predicted molar refractivity (Wildman–Crippen MR) is 37.3 cm³/mol. The van der Waals surface area contributed by atoms with E-state index in [2.05, 4.69) is 0 Å². The highest BCUT2D eigenvalue weighted by molar-refractivity contribution is 5.86. The van der Waals surface area contributed by atoms with E-state index in [-0.39, 0.29) is 0 Å². The summed E-state index contributed by atoms with van der Waals surface area (Å²) >= 11 is 0. The monoisotopic (exact) mass is 218 g/mol. The minimum absolute atomic E-state index is 0.463. The van der Waals surface area contributed by atoms with E-state index in [1.165, 1.54) is 0 Å². The second kappa shape index (κ2) is 3.93. The largest absolute Gasteiger partial charge is 0.478 e. The molecule has 0 aliphatic heterocycles. The zero-order valence-corrected chi connectivity index (χ0v) is 7.03. The zero-order chi connectivity index (χ0) is 11.6. The molecule has 0 aliphatic carbocycles. The van der Waals surface area contributed by atoms with E-state index in [4.69, 9.17) is 5.11 Å². The van der Waals surface area contributed by atoms with Crippen molar-refractivity contribution in [2.45, 2.75) is 18.8 Å². The maximum Gasteiger partial charge on any atom is 0.341 e. The minimum Gasteiger partial charge on any atom is -0.478 e. The van der Waals surface area contributed by atoms with Gasteiger partial charge in [-0.25, -0.2) is 9.18 Å². The number of rotatable bonds is 4. The Bertz CT molecular complexity index is 259. The van der Waals surface area contributed by atoms with Crippen molar-refractivity contribution in [3.8, 4) is 0 Å². The van der Waals surface area contributed by atoms with Gasteiger partial charge in [0, 0.05) is 11.6 Å². The van der Waals surface area contributed by atoms with Crippen LogP contribution in [-0.2, 0) is 4.79 Å². The van der Waals surface area contributed by atoms with Crippen molar-refractivity contribution in [2.24, 2.45) is 0 Å². The first-order chi connectivity index (χ1) is 6.14. The molecule has 0 aromatic rings. The summed E-state index contributed by atoms with van der Waals surface area (Å²) in [7, 11) is 0. The first-order valence-corrected chi connectivity index (χ1v) is 3.38. The van der Waals surface area contributed by atoms with Crippen LogP contribution in [0.15, 0.2) is 11.6 Å². The highest BCUT2D eigenvalue weighted by Crippen LogP contribution is 2.36. The van der Waals surface area contributed by atoms with E-state index in [1.807, 2.05) is 0 Å². The van der Waals surface area contributed by atoms with Crippen LogP contribution in [-0.4, -0.2) is 29.6 Å². The molecule has 0 radical (unpaired) electrons. The molecule has 7 heteroatoms. The van der Waals surface area contributed by atoms with Crippen LogP contribution in [0.1, 0.15) is 6.92 Å². The van der Waals surface area contributed by atoms with Crippen LogP contribution in [0.25, 0.3) is 0 Å². The van der Waals surface area contributed by atoms with Gasteiger partial charge in [-0.1, -0.05) is 0 Å². The standard InChI is InChI=1S/C7H7F5O2/c1-4(5(13)14)2-6(9,10)7(11,12)3-8/h2H,3H2,1H3,(H,13,14). The number of halogens is 5. The summed E-state index contributed by atoms with van der Waals surface area (Å²) in [5.74, 6) is -11.5. The maximum absolute atomic E-state index is 12.5. The van der Waals surface area contributed by atoms with Crippen LogP contribution >= 0.6 is 0 Å². The molecule has 0 fully saturated rings. The summed E-state index contributed by atoms with van der Waals surface area (Å²) in [6, 6.07) is 0. The maximum atomic E-state index is 12.5. The van der Waals surface area contributed by atoms with Gasteiger partial charge in [-0.2, -0.15) is 17.6 Å². The van der Waals surface area contributed by atoms with Crippen molar-refractivity contribution in [3.63, 3.8) is 0 Å². The number of alkyl halides is 5. The second-order valence-corrected chi connectivity index (χ2v) is 2.59. The summed E-state index contributed by atoms with van der Waals surface area (Å²) in [5.41, 5.74) is -0.969.